The fourth-order valence-electron chi connectivity index (χ4n) is 3.04. The minimum atomic E-state index is -1.18. The number of nitrogens with one attached hydrogen (secondary N) is 4. The minimum Gasteiger partial charge on any atom is -0.465 e. The molecule has 0 aliphatic rings. The Morgan fingerprint density at radius 1 is 0.639 bits per heavy atom. The molecule has 36 heavy (non-hydrogen) atoms. The highest BCUT2D eigenvalue weighted by atomic mass is 16.5. The second-order valence-electron chi connectivity index (χ2n) is 7.68. The Morgan fingerprint density at radius 2 is 1.03 bits per heavy atom. The first kappa shape index (κ1) is 25.8. The van der Waals surface area contributed by atoms with Crippen molar-refractivity contribution in [2.75, 3.05) is 27.9 Å². The third-order valence-electron chi connectivity index (χ3n) is 4.92. The highest BCUT2D eigenvalue weighted by molar-refractivity contribution is 6.07. The summed E-state index contributed by atoms with van der Waals surface area (Å²) in [7, 11) is 0. The van der Waals surface area contributed by atoms with Gasteiger partial charge in [0.25, 0.3) is 11.8 Å². The van der Waals surface area contributed by atoms with Gasteiger partial charge in [-0.2, -0.15) is 0 Å². The number of anilines is 4. The van der Waals surface area contributed by atoms with Gasteiger partial charge in [-0.15, -0.1) is 0 Å². The van der Waals surface area contributed by atoms with Crippen LogP contribution in [0.1, 0.15) is 40.5 Å². The summed E-state index contributed by atoms with van der Waals surface area (Å²) in [5.74, 6) is -0.736. The fraction of sp³-hybridized carbons (Fsp3) is 0.154. The Morgan fingerprint density at radius 3 is 1.42 bits per heavy atom. The molecule has 3 rings (SSSR count). The third-order valence-corrected chi connectivity index (χ3v) is 4.92. The van der Waals surface area contributed by atoms with E-state index in [1.807, 2.05) is 6.92 Å². The maximum atomic E-state index is 12.6. The van der Waals surface area contributed by atoms with E-state index in [0.29, 0.717) is 40.5 Å². The van der Waals surface area contributed by atoms with E-state index in [0.717, 1.165) is 12.8 Å². The zero-order valence-electron chi connectivity index (χ0n) is 19.5. The average Bonchev–Trinajstić information content (AvgIpc) is 2.86. The number of carbonyl (C=O) groups is 4. The lowest BCUT2D eigenvalue weighted by Gasteiger charge is -2.09. The molecule has 0 unspecified atom stereocenters. The zero-order valence-corrected chi connectivity index (χ0v) is 19.5. The van der Waals surface area contributed by atoms with Crippen LogP contribution >= 0.6 is 0 Å². The quantitative estimate of drug-likeness (QED) is 0.246. The van der Waals surface area contributed by atoms with Gasteiger partial charge in [-0.1, -0.05) is 13.3 Å². The molecule has 0 aliphatic carbocycles. The molecule has 0 saturated carbocycles. The number of benzene rings is 3. The standard InChI is InChI=1S/C26H26N4O6/c1-2-3-16-36-26(35)30-22-14-10-20(11-15-22)28-24(32)18-6-4-17(5-7-18)23(31)27-19-8-12-21(13-9-19)29-25(33)34/h4-15,29H,2-3,16H2,1H3,(H,27,31)(H,28,32)(H,30,35)(H,33,34). The summed E-state index contributed by atoms with van der Waals surface area (Å²) in [5.41, 5.74) is 2.65. The van der Waals surface area contributed by atoms with Crippen molar-refractivity contribution in [3.63, 3.8) is 0 Å². The minimum absolute atomic E-state index is 0.348. The van der Waals surface area contributed by atoms with Crippen molar-refractivity contribution in [2.45, 2.75) is 19.8 Å². The first-order valence-corrected chi connectivity index (χ1v) is 11.2. The van der Waals surface area contributed by atoms with E-state index < -0.39 is 12.2 Å². The SMILES string of the molecule is CCCCOC(=O)Nc1ccc(NC(=O)c2ccc(C(=O)Nc3ccc(NC(=O)O)cc3)cc2)cc1. The van der Waals surface area contributed by atoms with Crippen LogP contribution in [0.3, 0.4) is 0 Å². The van der Waals surface area contributed by atoms with Crippen molar-refractivity contribution in [2.24, 2.45) is 0 Å². The molecule has 0 saturated heterocycles. The second-order valence-corrected chi connectivity index (χ2v) is 7.68. The molecular weight excluding hydrogens is 464 g/mol. The Hall–Kier alpha value is -4.86. The van der Waals surface area contributed by atoms with Gasteiger partial charge in [0.05, 0.1) is 6.61 Å². The molecule has 0 bridgehead atoms. The van der Waals surface area contributed by atoms with Gasteiger partial charge in [-0.25, -0.2) is 9.59 Å². The molecule has 0 heterocycles. The van der Waals surface area contributed by atoms with Gasteiger partial charge in [-0.05, 0) is 79.2 Å². The van der Waals surface area contributed by atoms with Gasteiger partial charge < -0.3 is 20.5 Å². The van der Waals surface area contributed by atoms with Crippen molar-refractivity contribution in [3.05, 3.63) is 83.9 Å². The van der Waals surface area contributed by atoms with E-state index in [9.17, 15) is 19.2 Å². The number of amides is 4. The van der Waals surface area contributed by atoms with Crippen molar-refractivity contribution >= 4 is 46.8 Å². The molecule has 3 aromatic rings. The van der Waals surface area contributed by atoms with E-state index in [1.54, 1.807) is 36.4 Å². The fourth-order valence-corrected chi connectivity index (χ4v) is 3.04. The van der Waals surface area contributed by atoms with Crippen LogP contribution in [0.4, 0.5) is 32.3 Å². The highest BCUT2D eigenvalue weighted by Gasteiger charge is 2.11. The number of unbranched alkanes of at least 4 members (excludes halogenated alkanes) is 1. The summed E-state index contributed by atoms with van der Waals surface area (Å²) in [4.78, 5) is 47.4. The number of hydrogen-bond acceptors (Lipinski definition) is 5. The monoisotopic (exact) mass is 490 g/mol. The molecule has 3 aromatic carbocycles. The van der Waals surface area contributed by atoms with Crippen LogP contribution in [0, 0.1) is 0 Å². The van der Waals surface area contributed by atoms with Crippen molar-refractivity contribution in [1.29, 1.82) is 0 Å². The van der Waals surface area contributed by atoms with Crippen molar-refractivity contribution in [1.82, 2.24) is 0 Å². The van der Waals surface area contributed by atoms with Gasteiger partial charge in [-0.3, -0.25) is 20.2 Å². The molecule has 0 aromatic heterocycles. The second kappa shape index (κ2) is 12.6. The smallest absolute Gasteiger partial charge is 0.411 e. The largest absolute Gasteiger partial charge is 0.465 e. The normalized spacial score (nSPS) is 10.1. The summed E-state index contributed by atoms with van der Waals surface area (Å²) >= 11 is 0. The molecule has 5 N–H and O–H groups in total. The van der Waals surface area contributed by atoms with E-state index in [1.165, 1.54) is 36.4 Å². The molecule has 0 fully saturated rings. The Bertz CT molecular complexity index is 1210. The lowest BCUT2D eigenvalue weighted by Crippen LogP contribution is -2.15. The summed E-state index contributed by atoms with van der Waals surface area (Å²) in [6, 6.07) is 18.9. The van der Waals surface area contributed by atoms with Crippen LogP contribution in [-0.4, -0.2) is 35.7 Å². The maximum absolute atomic E-state index is 12.6. The Balaban J connectivity index is 1.52. The first-order valence-electron chi connectivity index (χ1n) is 11.2. The molecule has 0 spiro atoms. The number of hydrogen-bond donors (Lipinski definition) is 5. The molecule has 10 nitrogen and oxygen atoms in total. The number of carbonyl (C=O) groups excluding carboxylic acids is 3. The van der Waals surface area contributed by atoms with Crippen LogP contribution in [0.5, 0.6) is 0 Å². The molecule has 4 amide bonds. The van der Waals surface area contributed by atoms with Gasteiger partial charge in [0, 0.05) is 33.9 Å². The van der Waals surface area contributed by atoms with E-state index in [4.69, 9.17) is 9.84 Å². The average molecular weight is 491 g/mol. The van der Waals surface area contributed by atoms with Gasteiger partial charge in [0.1, 0.15) is 0 Å². The van der Waals surface area contributed by atoms with E-state index in [-0.39, 0.29) is 11.8 Å². The Labute approximate surface area is 207 Å². The topological polar surface area (TPSA) is 146 Å². The lowest BCUT2D eigenvalue weighted by molar-refractivity contribution is 0.101. The van der Waals surface area contributed by atoms with Crippen LogP contribution in [0.25, 0.3) is 0 Å². The molecule has 0 aliphatic heterocycles. The predicted octanol–water partition coefficient (Wildman–Crippen LogP) is 5.63. The zero-order chi connectivity index (χ0) is 25.9. The maximum Gasteiger partial charge on any atom is 0.411 e. The van der Waals surface area contributed by atoms with Gasteiger partial charge in [0.2, 0.25) is 0 Å². The van der Waals surface area contributed by atoms with Crippen LogP contribution < -0.4 is 21.3 Å². The molecule has 10 heteroatoms. The van der Waals surface area contributed by atoms with Crippen molar-refractivity contribution in [3.8, 4) is 0 Å². The molecular formula is C26H26N4O6. The summed E-state index contributed by atoms with van der Waals surface area (Å²) in [6.45, 7) is 2.36. The molecule has 0 atom stereocenters. The van der Waals surface area contributed by atoms with Crippen molar-refractivity contribution < 1.29 is 29.0 Å². The Kier molecular flexibility index (Phi) is 8.99. The summed E-state index contributed by atoms with van der Waals surface area (Å²) in [6.07, 6.45) is 0.0226. The lowest BCUT2D eigenvalue weighted by atomic mass is 10.1. The van der Waals surface area contributed by atoms with Gasteiger partial charge in [0.15, 0.2) is 0 Å². The summed E-state index contributed by atoms with van der Waals surface area (Å²) in [5, 5.41) is 19.0. The predicted molar refractivity (Wildman–Crippen MR) is 137 cm³/mol. The van der Waals surface area contributed by atoms with E-state index >= 15 is 0 Å². The third kappa shape index (κ3) is 7.87. The number of carboxylic acid groups (broad SMARTS) is 1. The highest BCUT2D eigenvalue weighted by Crippen LogP contribution is 2.17. The molecule has 186 valence electrons. The number of ether oxygens (including phenoxy) is 1. The number of rotatable bonds is 9. The van der Waals surface area contributed by atoms with E-state index in [2.05, 4.69) is 21.3 Å². The summed E-state index contributed by atoms with van der Waals surface area (Å²) < 4.78 is 5.05. The van der Waals surface area contributed by atoms with Crippen LogP contribution in [0.2, 0.25) is 0 Å². The van der Waals surface area contributed by atoms with Crippen LogP contribution in [-0.2, 0) is 4.74 Å². The first-order chi connectivity index (χ1) is 17.3. The molecule has 0 radical (unpaired) electrons. The van der Waals surface area contributed by atoms with Gasteiger partial charge >= 0.3 is 12.2 Å². The van der Waals surface area contributed by atoms with Crippen LogP contribution in [0.15, 0.2) is 72.8 Å².